The largest absolute Gasteiger partial charge is 0.349 e. The highest BCUT2D eigenvalue weighted by Gasteiger charge is 2.44. The first-order valence-corrected chi connectivity index (χ1v) is 5.90. The predicted octanol–water partition coefficient (Wildman–Crippen LogP) is 2.28. The zero-order chi connectivity index (χ0) is 11.7. The maximum Gasteiger partial charge on any atom is 0.249 e. The van der Waals surface area contributed by atoms with Crippen LogP contribution in [0.25, 0.3) is 0 Å². The lowest BCUT2D eigenvalue weighted by Gasteiger charge is -2.24. The van der Waals surface area contributed by atoms with Crippen LogP contribution in [-0.4, -0.2) is 19.0 Å². The number of carbonyl (C=O) groups is 1. The highest BCUT2D eigenvalue weighted by Crippen LogP contribution is 2.48. The third-order valence-corrected chi connectivity index (χ3v) is 3.88. The Labute approximate surface area is 96.2 Å². The fourth-order valence-corrected chi connectivity index (χ4v) is 2.70. The average molecular weight is 221 g/mol. The van der Waals surface area contributed by atoms with E-state index in [1.807, 2.05) is 6.92 Å². The van der Waals surface area contributed by atoms with Crippen LogP contribution in [0.1, 0.15) is 33.1 Å². The lowest BCUT2D eigenvalue weighted by Crippen LogP contribution is -2.37. The summed E-state index contributed by atoms with van der Waals surface area (Å²) in [6.45, 7) is 3.62. The number of nitrogens with zero attached hydrogens (tertiary/aromatic N) is 2. The first kappa shape index (κ1) is 11.3. The molecular weight excluding hydrogens is 202 g/mol. The molecule has 0 aliphatic heterocycles. The maximum absolute atomic E-state index is 11.9. The van der Waals surface area contributed by atoms with Crippen LogP contribution in [-0.2, 0) is 4.79 Å². The summed E-state index contributed by atoms with van der Waals surface area (Å²) in [6, 6.07) is 0.402. The van der Waals surface area contributed by atoms with E-state index in [0.29, 0.717) is 17.3 Å². The van der Waals surface area contributed by atoms with E-state index >= 15 is 0 Å². The van der Waals surface area contributed by atoms with Crippen LogP contribution in [0.4, 0.5) is 0 Å². The van der Waals surface area contributed by atoms with Crippen molar-refractivity contribution in [3.63, 3.8) is 0 Å². The van der Waals surface area contributed by atoms with E-state index in [-0.39, 0.29) is 5.91 Å². The highest BCUT2D eigenvalue weighted by atomic mass is 16.1. The molecule has 16 heavy (non-hydrogen) atoms. The Morgan fingerprint density at radius 3 is 2.44 bits per heavy atom. The zero-order valence-electron chi connectivity index (χ0n) is 10.2. The molecule has 1 N–H and O–H groups in total. The molecule has 1 atom stereocenters. The van der Waals surface area contributed by atoms with Gasteiger partial charge < -0.3 is 5.32 Å². The number of hydrogen-bond donors (Lipinski definition) is 1. The second kappa shape index (κ2) is 4.36. The monoisotopic (exact) mass is 221 g/mol. The summed E-state index contributed by atoms with van der Waals surface area (Å²) in [7, 11) is 1.61. The van der Waals surface area contributed by atoms with Crippen molar-refractivity contribution in [1.82, 2.24) is 5.32 Å². The number of carbonyl (C=O) groups excluding carboxylic acids is 1. The van der Waals surface area contributed by atoms with E-state index in [1.54, 1.807) is 14.0 Å². The number of hydrogen-bond acceptors (Lipinski definition) is 3. The first-order valence-electron chi connectivity index (χ1n) is 5.90. The van der Waals surface area contributed by atoms with Crippen molar-refractivity contribution < 1.29 is 4.79 Å². The fourth-order valence-electron chi connectivity index (χ4n) is 2.70. The SMILES string of the molecule is CN=N/C(C)=C(/C)C(=O)NC1CC2CC1C2. The normalized spacial score (nSPS) is 33.6. The Balaban J connectivity index is 1.95. The molecule has 3 saturated carbocycles. The number of azo groups is 1. The first-order chi connectivity index (χ1) is 7.61. The van der Waals surface area contributed by atoms with Crippen LogP contribution >= 0.6 is 0 Å². The van der Waals surface area contributed by atoms with Gasteiger partial charge in [-0.25, -0.2) is 0 Å². The number of nitrogens with one attached hydrogen (secondary N) is 1. The van der Waals surface area contributed by atoms with Crippen LogP contribution in [0, 0.1) is 11.8 Å². The van der Waals surface area contributed by atoms with Crippen LogP contribution in [0.15, 0.2) is 21.5 Å². The second-order valence-electron chi connectivity index (χ2n) is 4.92. The molecular formula is C12H19N3O. The van der Waals surface area contributed by atoms with E-state index in [2.05, 4.69) is 15.5 Å². The van der Waals surface area contributed by atoms with Crippen molar-refractivity contribution in [3.8, 4) is 0 Å². The predicted molar refractivity (Wildman–Crippen MR) is 61.9 cm³/mol. The van der Waals surface area contributed by atoms with Crippen molar-refractivity contribution in [1.29, 1.82) is 0 Å². The van der Waals surface area contributed by atoms with Crippen LogP contribution in [0.3, 0.4) is 0 Å². The van der Waals surface area contributed by atoms with Gasteiger partial charge in [0.1, 0.15) is 0 Å². The van der Waals surface area contributed by atoms with Crippen molar-refractivity contribution in [2.75, 3.05) is 7.05 Å². The molecule has 3 aliphatic rings. The summed E-state index contributed by atoms with van der Waals surface area (Å²) in [5, 5.41) is 10.7. The molecule has 3 aliphatic carbocycles. The van der Waals surface area contributed by atoms with Crippen LogP contribution in [0.5, 0.6) is 0 Å². The van der Waals surface area contributed by atoms with Crippen molar-refractivity contribution in [2.45, 2.75) is 39.2 Å². The van der Waals surface area contributed by atoms with E-state index in [4.69, 9.17) is 0 Å². The molecule has 0 aromatic carbocycles. The molecule has 0 radical (unpaired) electrons. The van der Waals surface area contributed by atoms with E-state index in [0.717, 1.165) is 18.3 Å². The summed E-state index contributed by atoms with van der Waals surface area (Å²) in [6.07, 6.45) is 3.78. The van der Waals surface area contributed by atoms with Gasteiger partial charge in [0.2, 0.25) is 5.91 Å². The molecule has 1 amide bonds. The molecule has 4 nitrogen and oxygen atoms in total. The summed E-state index contributed by atoms with van der Waals surface area (Å²) >= 11 is 0. The number of amides is 1. The smallest absolute Gasteiger partial charge is 0.249 e. The van der Waals surface area contributed by atoms with Gasteiger partial charge in [0.25, 0.3) is 0 Å². The summed E-state index contributed by atoms with van der Waals surface area (Å²) in [5.74, 6) is 1.62. The molecule has 1 unspecified atom stereocenters. The third-order valence-electron chi connectivity index (χ3n) is 3.88. The summed E-state index contributed by atoms with van der Waals surface area (Å²) < 4.78 is 0. The topological polar surface area (TPSA) is 53.8 Å². The fraction of sp³-hybridized carbons (Fsp3) is 0.750. The number of fused-ring (bicyclic) bond motifs is 1. The molecule has 0 aromatic rings. The van der Waals surface area contributed by atoms with E-state index < -0.39 is 0 Å². The van der Waals surface area contributed by atoms with Gasteiger partial charge in [-0.05, 0) is 44.9 Å². The van der Waals surface area contributed by atoms with Gasteiger partial charge in [-0.15, -0.1) is 0 Å². The Morgan fingerprint density at radius 1 is 1.25 bits per heavy atom. The molecule has 0 aromatic heterocycles. The molecule has 0 saturated heterocycles. The Bertz CT molecular complexity index is 353. The van der Waals surface area contributed by atoms with Crippen molar-refractivity contribution in [3.05, 3.63) is 11.3 Å². The summed E-state index contributed by atoms with van der Waals surface area (Å²) in [4.78, 5) is 11.9. The molecule has 2 bridgehead atoms. The molecule has 0 heterocycles. The number of allylic oxidation sites excluding steroid dienone is 1. The van der Waals surface area contributed by atoms with Gasteiger partial charge in [0.05, 0.1) is 5.70 Å². The second-order valence-corrected chi connectivity index (χ2v) is 4.92. The minimum absolute atomic E-state index is 0.0162. The highest BCUT2D eigenvalue weighted by molar-refractivity contribution is 5.93. The van der Waals surface area contributed by atoms with Crippen LogP contribution in [0.2, 0.25) is 0 Å². The number of rotatable bonds is 3. The Morgan fingerprint density at radius 2 is 1.94 bits per heavy atom. The van der Waals surface area contributed by atoms with Crippen molar-refractivity contribution in [2.24, 2.45) is 22.1 Å². The molecule has 4 heteroatoms. The molecule has 3 fully saturated rings. The Kier molecular flexibility index (Phi) is 3.08. The molecule has 88 valence electrons. The van der Waals surface area contributed by atoms with Gasteiger partial charge >= 0.3 is 0 Å². The lowest BCUT2D eigenvalue weighted by atomic mass is 9.84. The zero-order valence-corrected chi connectivity index (χ0v) is 10.2. The van der Waals surface area contributed by atoms with E-state index in [1.165, 1.54) is 12.8 Å². The minimum atomic E-state index is 0.0162. The van der Waals surface area contributed by atoms with E-state index in [9.17, 15) is 4.79 Å². The van der Waals surface area contributed by atoms with Crippen LogP contribution < -0.4 is 5.32 Å². The van der Waals surface area contributed by atoms with Gasteiger partial charge in [-0.2, -0.15) is 10.2 Å². The lowest BCUT2D eigenvalue weighted by molar-refractivity contribution is -0.118. The Hall–Kier alpha value is -1.19. The standard InChI is InChI=1S/C12H19N3O/c1-7(8(2)15-13-3)12(16)14-11-6-9-4-10(11)5-9/h9-11H,4-6H2,1-3H3,(H,14,16)/b8-7-,15-13?. The average Bonchev–Trinajstić information content (AvgIpc) is 2.74. The minimum Gasteiger partial charge on any atom is -0.349 e. The maximum atomic E-state index is 11.9. The van der Waals surface area contributed by atoms with Gasteiger partial charge in [-0.3, -0.25) is 4.79 Å². The molecule has 3 rings (SSSR count). The van der Waals surface area contributed by atoms with Crippen molar-refractivity contribution >= 4 is 5.91 Å². The quantitative estimate of drug-likeness (QED) is 0.577. The molecule has 0 spiro atoms. The van der Waals surface area contributed by atoms with Gasteiger partial charge in [0, 0.05) is 18.7 Å². The van der Waals surface area contributed by atoms with Gasteiger partial charge in [0.15, 0.2) is 0 Å². The summed E-state index contributed by atoms with van der Waals surface area (Å²) in [5.41, 5.74) is 1.38. The van der Waals surface area contributed by atoms with Gasteiger partial charge in [-0.1, -0.05) is 0 Å². The third kappa shape index (κ3) is 2.01.